The summed E-state index contributed by atoms with van der Waals surface area (Å²) in [5, 5.41) is 10.2. The Morgan fingerprint density at radius 1 is 1.35 bits per heavy atom. The Hall–Kier alpha value is -2.34. The van der Waals surface area contributed by atoms with Gasteiger partial charge in [-0.1, -0.05) is 24.1 Å². The number of carbonyl (C=O) groups excluding carboxylic acids is 2. The minimum absolute atomic E-state index is 0.00351. The van der Waals surface area contributed by atoms with E-state index in [2.05, 4.69) is 15.5 Å². The Morgan fingerprint density at radius 2 is 2.23 bits per heavy atom. The third kappa shape index (κ3) is 3.09. The maximum absolute atomic E-state index is 13.2. The molecule has 1 aliphatic heterocycles. The average Bonchev–Trinajstić information content (AvgIpc) is 3.26. The van der Waals surface area contributed by atoms with E-state index in [1.165, 1.54) is 0 Å². The van der Waals surface area contributed by atoms with Crippen molar-refractivity contribution in [1.29, 1.82) is 0 Å². The lowest BCUT2D eigenvalue weighted by molar-refractivity contribution is -0.127. The molecule has 2 aliphatic rings. The minimum Gasteiger partial charge on any atom is -0.348 e. The van der Waals surface area contributed by atoms with Crippen molar-refractivity contribution in [3.05, 3.63) is 47.2 Å². The SMILES string of the molecule is O=C(NC1CCCC2(CCN(c3cccc(Cl)c3)C2=O)C1)c1cc[nH]n1. The summed E-state index contributed by atoms with van der Waals surface area (Å²) in [6, 6.07) is 9.07. The second-order valence-electron chi connectivity index (χ2n) is 7.19. The summed E-state index contributed by atoms with van der Waals surface area (Å²) >= 11 is 6.08. The standard InChI is InChI=1S/C19H21ClN4O2/c20-13-3-1-5-15(11-13)24-10-8-19(18(24)26)7-2-4-14(12-19)22-17(25)16-6-9-21-23-16/h1,3,5-6,9,11,14H,2,4,7-8,10,12H2,(H,21,23)(H,22,25). The van der Waals surface area contributed by atoms with E-state index in [4.69, 9.17) is 11.6 Å². The summed E-state index contributed by atoms with van der Waals surface area (Å²) in [5.74, 6) is -0.0380. The topological polar surface area (TPSA) is 78.1 Å². The molecule has 2 atom stereocenters. The largest absolute Gasteiger partial charge is 0.348 e. The Balaban J connectivity index is 1.48. The van der Waals surface area contributed by atoms with Gasteiger partial charge in [-0.05, 0) is 49.9 Å². The molecular weight excluding hydrogens is 352 g/mol. The number of carbonyl (C=O) groups is 2. The molecular formula is C19H21ClN4O2. The molecule has 2 aromatic rings. The highest BCUT2D eigenvalue weighted by Crippen LogP contribution is 2.46. The smallest absolute Gasteiger partial charge is 0.271 e. The number of hydrogen-bond donors (Lipinski definition) is 2. The van der Waals surface area contributed by atoms with E-state index in [-0.39, 0.29) is 23.3 Å². The molecule has 1 spiro atoms. The molecule has 2 fully saturated rings. The van der Waals surface area contributed by atoms with Gasteiger partial charge in [0, 0.05) is 29.5 Å². The Labute approximate surface area is 156 Å². The fourth-order valence-corrected chi connectivity index (χ4v) is 4.45. The molecule has 0 radical (unpaired) electrons. The molecule has 1 saturated heterocycles. The number of aromatic nitrogens is 2. The lowest BCUT2D eigenvalue weighted by atomic mass is 9.71. The molecule has 136 valence electrons. The fraction of sp³-hybridized carbons (Fsp3) is 0.421. The molecule has 2 unspecified atom stereocenters. The predicted molar refractivity (Wildman–Crippen MR) is 99.2 cm³/mol. The zero-order valence-corrected chi connectivity index (χ0v) is 15.1. The van der Waals surface area contributed by atoms with E-state index in [1.807, 2.05) is 29.2 Å². The highest BCUT2D eigenvalue weighted by molar-refractivity contribution is 6.31. The number of amides is 2. The van der Waals surface area contributed by atoms with Crippen molar-refractivity contribution in [3.63, 3.8) is 0 Å². The van der Waals surface area contributed by atoms with Crippen molar-refractivity contribution in [2.75, 3.05) is 11.4 Å². The summed E-state index contributed by atoms with van der Waals surface area (Å²) in [6.45, 7) is 0.694. The molecule has 2 N–H and O–H groups in total. The van der Waals surface area contributed by atoms with E-state index >= 15 is 0 Å². The summed E-state index contributed by atoms with van der Waals surface area (Å²) in [5.41, 5.74) is 0.842. The normalized spacial score (nSPS) is 25.7. The quantitative estimate of drug-likeness (QED) is 0.868. The number of H-pyrrole nitrogens is 1. The van der Waals surface area contributed by atoms with Crippen LogP contribution in [0.5, 0.6) is 0 Å². The second kappa shape index (κ2) is 6.76. The first-order valence-electron chi connectivity index (χ1n) is 8.96. The van der Waals surface area contributed by atoms with Gasteiger partial charge in [0.1, 0.15) is 5.69 Å². The number of nitrogens with one attached hydrogen (secondary N) is 2. The maximum atomic E-state index is 13.2. The van der Waals surface area contributed by atoms with Gasteiger partial charge in [-0.15, -0.1) is 0 Å². The van der Waals surface area contributed by atoms with Gasteiger partial charge in [0.15, 0.2) is 0 Å². The van der Waals surface area contributed by atoms with Crippen LogP contribution in [0.4, 0.5) is 5.69 Å². The number of hydrogen-bond acceptors (Lipinski definition) is 3. The van der Waals surface area contributed by atoms with Crippen molar-refractivity contribution in [3.8, 4) is 0 Å². The van der Waals surface area contributed by atoms with Gasteiger partial charge in [0.05, 0.1) is 5.41 Å². The third-order valence-corrected chi connectivity index (χ3v) is 5.78. The van der Waals surface area contributed by atoms with Crippen LogP contribution < -0.4 is 10.2 Å². The van der Waals surface area contributed by atoms with Gasteiger partial charge in [-0.25, -0.2) is 0 Å². The molecule has 2 amide bonds. The van der Waals surface area contributed by atoms with Crippen LogP contribution in [-0.4, -0.2) is 34.6 Å². The van der Waals surface area contributed by atoms with Crippen LogP contribution in [-0.2, 0) is 4.79 Å². The summed E-state index contributed by atoms with van der Waals surface area (Å²) in [6.07, 6.45) is 5.81. The molecule has 4 rings (SSSR count). The van der Waals surface area contributed by atoms with Crippen LogP contribution in [0.3, 0.4) is 0 Å². The first kappa shape index (κ1) is 17.1. The summed E-state index contributed by atoms with van der Waals surface area (Å²) < 4.78 is 0. The summed E-state index contributed by atoms with van der Waals surface area (Å²) in [4.78, 5) is 27.3. The third-order valence-electron chi connectivity index (χ3n) is 5.55. The molecule has 2 heterocycles. The zero-order chi connectivity index (χ0) is 18.1. The van der Waals surface area contributed by atoms with Crippen LogP contribution in [0.1, 0.15) is 42.6 Å². The zero-order valence-electron chi connectivity index (χ0n) is 14.4. The van der Waals surface area contributed by atoms with Crippen LogP contribution >= 0.6 is 11.6 Å². The number of halogens is 1. The number of benzene rings is 1. The van der Waals surface area contributed by atoms with Crippen molar-refractivity contribution in [2.45, 2.75) is 38.1 Å². The lowest BCUT2D eigenvalue weighted by Gasteiger charge is -2.36. The monoisotopic (exact) mass is 372 g/mol. The highest BCUT2D eigenvalue weighted by Gasteiger charge is 2.49. The van der Waals surface area contributed by atoms with Crippen molar-refractivity contribution < 1.29 is 9.59 Å². The molecule has 7 heteroatoms. The lowest BCUT2D eigenvalue weighted by Crippen LogP contribution is -2.46. The highest BCUT2D eigenvalue weighted by atomic mass is 35.5. The average molecular weight is 373 g/mol. The fourth-order valence-electron chi connectivity index (χ4n) is 4.26. The van der Waals surface area contributed by atoms with E-state index in [0.717, 1.165) is 31.4 Å². The van der Waals surface area contributed by atoms with Crippen molar-refractivity contribution in [2.24, 2.45) is 5.41 Å². The predicted octanol–water partition coefficient (Wildman–Crippen LogP) is 3.16. The second-order valence-corrected chi connectivity index (χ2v) is 7.63. The number of nitrogens with zero attached hydrogens (tertiary/aromatic N) is 2. The van der Waals surface area contributed by atoms with E-state index in [9.17, 15) is 9.59 Å². The first-order chi connectivity index (χ1) is 12.6. The Morgan fingerprint density at radius 3 is 3.00 bits per heavy atom. The number of aromatic amines is 1. The van der Waals surface area contributed by atoms with Gasteiger partial charge < -0.3 is 10.2 Å². The van der Waals surface area contributed by atoms with E-state index in [0.29, 0.717) is 23.7 Å². The Bertz CT molecular complexity index is 823. The van der Waals surface area contributed by atoms with Gasteiger partial charge in [-0.3, -0.25) is 14.7 Å². The number of anilines is 1. The van der Waals surface area contributed by atoms with Crippen LogP contribution in [0, 0.1) is 5.41 Å². The van der Waals surface area contributed by atoms with Crippen LogP contribution in [0.25, 0.3) is 0 Å². The molecule has 26 heavy (non-hydrogen) atoms. The molecule has 1 aliphatic carbocycles. The van der Waals surface area contributed by atoms with E-state index in [1.54, 1.807) is 12.3 Å². The molecule has 1 aromatic heterocycles. The number of rotatable bonds is 3. The Kier molecular flexibility index (Phi) is 4.44. The van der Waals surface area contributed by atoms with Gasteiger partial charge in [-0.2, -0.15) is 5.10 Å². The van der Waals surface area contributed by atoms with Crippen molar-refractivity contribution in [1.82, 2.24) is 15.5 Å². The maximum Gasteiger partial charge on any atom is 0.271 e. The summed E-state index contributed by atoms with van der Waals surface area (Å²) in [7, 11) is 0. The molecule has 0 bridgehead atoms. The van der Waals surface area contributed by atoms with Gasteiger partial charge in [0.25, 0.3) is 5.91 Å². The van der Waals surface area contributed by atoms with Crippen LogP contribution in [0.15, 0.2) is 36.5 Å². The van der Waals surface area contributed by atoms with Crippen LogP contribution in [0.2, 0.25) is 5.02 Å². The van der Waals surface area contributed by atoms with Crippen molar-refractivity contribution >= 4 is 29.1 Å². The minimum atomic E-state index is -0.385. The molecule has 1 aromatic carbocycles. The van der Waals surface area contributed by atoms with Gasteiger partial charge >= 0.3 is 0 Å². The molecule has 6 nitrogen and oxygen atoms in total. The van der Waals surface area contributed by atoms with Gasteiger partial charge in [0.2, 0.25) is 5.91 Å². The van der Waals surface area contributed by atoms with E-state index < -0.39 is 0 Å². The first-order valence-corrected chi connectivity index (χ1v) is 9.33. The molecule has 1 saturated carbocycles.